The zero-order chi connectivity index (χ0) is 19.2. The first-order valence-corrected chi connectivity index (χ1v) is 9.99. The zero-order valence-electron chi connectivity index (χ0n) is 15.3. The van der Waals surface area contributed by atoms with Gasteiger partial charge in [0.2, 0.25) is 5.88 Å². The van der Waals surface area contributed by atoms with E-state index in [4.69, 9.17) is 4.74 Å². The molecule has 1 aliphatic heterocycles. The summed E-state index contributed by atoms with van der Waals surface area (Å²) in [5.41, 5.74) is -0.494. The van der Waals surface area contributed by atoms with Crippen molar-refractivity contribution in [2.75, 3.05) is 6.54 Å². The van der Waals surface area contributed by atoms with Crippen molar-refractivity contribution in [2.45, 2.75) is 57.5 Å². The highest BCUT2D eigenvalue weighted by Gasteiger charge is 2.51. The van der Waals surface area contributed by atoms with Crippen LogP contribution in [0.3, 0.4) is 0 Å². The Morgan fingerprint density at radius 3 is 2.89 bits per heavy atom. The van der Waals surface area contributed by atoms with Crippen molar-refractivity contribution in [1.82, 2.24) is 20.3 Å². The van der Waals surface area contributed by atoms with E-state index < -0.39 is 11.3 Å². The Balaban J connectivity index is 1.51. The number of thiazole rings is 1. The van der Waals surface area contributed by atoms with Crippen LogP contribution in [0, 0.1) is 13.8 Å². The molecule has 0 unspecified atom stereocenters. The third-order valence-corrected chi connectivity index (χ3v) is 6.41. The molecule has 1 saturated carbocycles. The normalized spacial score (nSPS) is 23.4. The van der Waals surface area contributed by atoms with Gasteiger partial charge in [-0.1, -0.05) is 6.42 Å². The number of hydrogen-bond donors (Lipinski definition) is 3. The molecule has 3 heterocycles. The summed E-state index contributed by atoms with van der Waals surface area (Å²) < 4.78 is 6.14. The molecule has 0 spiro atoms. The number of aromatic nitrogens is 3. The molecule has 0 bridgehead atoms. The molecule has 2 aromatic rings. The number of carbonyl (C=O) groups excluding carboxylic acids is 1. The number of aryl methyl sites for hydroxylation is 2. The lowest BCUT2D eigenvalue weighted by molar-refractivity contribution is 0.0245. The Hall–Kier alpha value is -2.42. The van der Waals surface area contributed by atoms with Crippen LogP contribution in [0.2, 0.25) is 0 Å². The van der Waals surface area contributed by atoms with Gasteiger partial charge in [-0.05, 0) is 33.1 Å². The Bertz CT molecular complexity index is 1010. The molecule has 1 aliphatic carbocycles. The fourth-order valence-electron chi connectivity index (χ4n) is 4.38. The smallest absolute Gasteiger partial charge is 0.328 e. The van der Waals surface area contributed by atoms with Gasteiger partial charge in [-0.15, -0.1) is 11.3 Å². The Morgan fingerprint density at radius 1 is 1.33 bits per heavy atom. The van der Waals surface area contributed by atoms with Crippen LogP contribution in [0.25, 0.3) is 0 Å². The standard InChI is InChI=1S/C18H22N4O4S/c1-9-13(20-10(2)27-9)15(24)19-8-7-18-6-4-3-5-11(18)12-14(23)21-17(25)22-16(12)26-18/h11H,3-8H2,1-2H3,(H,19,24)(H2,21,22,23,25)/t11-,18+/m1/s1. The molecule has 2 aliphatic rings. The van der Waals surface area contributed by atoms with E-state index in [1.54, 1.807) is 0 Å². The van der Waals surface area contributed by atoms with E-state index in [1.807, 2.05) is 13.8 Å². The van der Waals surface area contributed by atoms with Crippen LogP contribution in [0.4, 0.5) is 0 Å². The first-order chi connectivity index (χ1) is 12.9. The van der Waals surface area contributed by atoms with Gasteiger partial charge in [0.25, 0.3) is 11.5 Å². The lowest BCUT2D eigenvalue weighted by Gasteiger charge is -2.38. The molecular formula is C18H22N4O4S. The third-order valence-electron chi connectivity index (χ3n) is 5.53. The van der Waals surface area contributed by atoms with Crippen molar-refractivity contribution in [3.8, 4) is 5.88 Å². The lowest BCUT2D eigenvalue weighted by atomic mass is 9.72. The first-order valence-electron chi connectivity index (χ1n) is 9.17. The second kappa shape index (κ2) is 6.63. The number of nitrogens with one attached hydrogen (secondary N) is 3. The minimum atomic E-state index is -0.560. The van der Waals surface area contributed by atoms with Crippen molar-refractivity contribution in [1.29, 1.82) is 0 Å². The molecule has 3 N–H and O–H groups in total. The Kier molecular flexibility index (Phi) is 4.41. The summed E-state index contributed by atoms with van der Waals surface area (Å²) in [5.74, 6) is 0.0253. The molecule has 2 atom stereocenters. The Labute approximate surface area is 159 Å². The monoisotopic (exact) mass is 390 g/mol. The van der Waals surface area contributed by atoms with Crippen LogP contribution in [-0.4, -0.2) is 33.0 Å². The van der Waals surface area contributed by atoms with Gasteiger partial charge < -0.3 is 10.1 Å². The summed E-state index contributed by atoms with van der Waals surface area (Å²) in [6.07, 6.45) is 4.20. The zero-order valence-corrected chi connectivity index (χ0v) is 16.1. The van der Waals surface area contributed by atoms with Crippen LogP contribution in [0.1, 0.15) is 64.0 Å². The minimum Gasteiger partial charge on any atom is -0.471 e. The van der Waals surface area contributed by atoms with E-state index in [1.165, 1.54) is 11.3 Å². The van der Waals surface area contributed by atoms with Crippen LogP contribution < -0.4 is 21.3 Å². The summed E-state index contributed by atoms with van der Waals surface area (Å²) in [4.78, 5) is 46.4. The van der Waals surface area contributed by atoms with Gasteiger partial charge >= 0.3 is 5.69 Å². The molecule has 9 heteroatoms. The van der Waals surface area contributed by atoms with E-state index in [9.17, 15) is 14.4 Å². The maximum absolute atomic E-state index is 12.4. The van der Waals surface area contributed by atoms with E-state index in [-0.39, 0.29) is 23.3 Å². The van der Waals surface area contributed by atoms with Gasteiger partial charge in [0.1, 0.15) is 11.3 Å². The maximum Gasteiger partial charge on any atom is 0.328 e. The second-order valence-electron chi connectivity index (χ2n) is 7.26. The van der Waals surface area contributed by atoms with Crippen molar-refractivity contribution in [3.63, 3.8) is 0 Å². The van der Waals surface area contributed by atoms with Crippen LogP contribution in [-0.2, 0) is 0 Å². The molecule has 4 rings (SSSR count). The molecule has 2 aromatic heterocycles. The predicted molar refractivity (Wildman–Crippen MR) is 101 cm³/mol. The van der Waals surface area contributed by atoms with Crippen molar-refractivity contribution < 1.29 is 9.53 Å². The molecule has 1 fully saturated rings. The highest BCUT2D eigenvalue weighted by molar-refractivity contribution is 7.11. The van der Waals surface area contributed by atoms with E-state index in [0.717, 1.165) is 35.6 Å². The number of nitrogens with zero attached hydrogens (tertiary/aromatic N) is 1. The van der Waals surface area contributed by atoms with Crippen LogP contribution in [0.15, 0.2) is 9.59 Å². The molecule has 0 radical (unpaired) electrons. The molecule has 0 aromatic carbocycles. The summed E-state index contributed by atoms with van der Waals surface area (Å²) in [7, 11) is 0. The van der Waals surface area contributed by atoms with Gasteiger partial charge in [-0.2, -0.15) is 0 Å². The number of amides is 1. The van der Waals surface area contributed by atoms with E-state index in [2.05, 4.69) is 20.3 Å². The predicted octanol–water partition coefficient (Wildman–Crippen LogP) is 1.75. The first kappa shape index (κ1) is 18.0. The van der Waals surface area contributed by atoms with E-state index in [0.29, 0.717) is 24.2 Å². The van der Waals surface area contributed by atoms with Gasteiger partial charge in [0.05, 0.1) is 10.6 Å². The molecule has 8 nitrogen and oxygen atoms in total. The number of aromatic amines is 2. The topological polar surface area (TPSA) is 117 Å². The average molecular weight is 390 g/mol. The SMILES string of the molecule is Cc1nc(C(=O)NCC[C@@]23CCCC[C@@H]2c2c([nH]c(=O)[nH]c2=O)O3)c(C)s1. The molecule has 27 heavy (non-hydrogen) atoms. The molecular weight excluding hydrogens is 368 g/mol. The summed E-state index contributed by atoms with van der Waals surface area (Å²) in [6.45, 7) is 4.18. The summed E-state index contributed by atoms with van der Waals surface area (Å²) in [5, 5.41) is 3.79. The quantitative estimate of drug-likeness (QED) is 0.735. The van der Waals surface area contributed by atoms with Gasteiger partial charge in [-0.25, -0.2) is 9.78 Å². The highest BCUT2D eigenvalue weighted by Crippen LogP contribution is 2.51. The minimum absolute atomic E-state index is 0.0676. The van der Waals surface area contributed by atoms with Crippen molar-refractivity contribution in [2.24, 2.45) is 0 Å². The lowest BCUT2D eigenvalue weighted by Crippen LogP contribution is -2.44. The third kappa shape index (κ3) is 3.09. The molecule has 0 saturated heterocycles. The number of carbonyl (C=O) groups is 1. The van der Waals surface area contributed by atoms with Crippen LogP contribution >= 0.6 is 11.3 Å². The van der Waals surface area contributed by atoms with E-state index >= 15 is 0 Å². The highest BCUT2D eigenvalue weighted by atomic mass is 32.1. The fraction of sp³-hybridized carbons (Fsp3) is 0.556. The number of ether oxygens (including phenoxy) is 1. The number of hydrogen-bond acceptors (Lipinski definition) is 6. The van der Waals surface area contributed by atoms with Crippen molar-refractivity contribution in [3.05, 3.63) is 42.0 Å². The number of rotatable bonds is 4. The Morgan fingerprint density at radius 2 is 2.15 bits per heavy atom. The molecule has 1 amide bonds. The van der Waals surface area contributed by atoms with Crippen molar-refractivity contribution >= 4 is 17.2 Å². The second-order valence-corrected chi connectivity index (χ2v) is 8.67. The average Bonchev–Trinajstić information content (AvgIpc) is 3.11. The fourth-order valence-corrected chi connectivity index (χ4v) is 5.19. The largest absolute Gasteiger partial charge is 0.471 e. The number of fused-ring (bicyclic) bond motifs is 3. The maximum atomic E-state index is 12.4. The summed E-state index contributed by atoms with van der Waals surface area (Å²) >= 11 is 1.50. The van der Waals surface area contributed by atoms with Gasteiger partial charge in [0, 0.05) is 23.8 Å². The molecule has 144 valence electrons. The van der Waals surface area contributed by atoms with Gasteiger partial charge in [0.15, 0.2) is 0 Å². The van der Waals surface area contributed by atoms with Crippen LogP contribution in [0.5, 0.6) is 5.88 Å². The van der Waals surface area contributed by atoms with Gasteiger partial charge in [-0.3, -0.25) is 19.6 Å². The number of H-pyrrole nitrogens is 2. The summed E-state index contributed by atoms with van der Waals surface area (Å²) in [6, 6.07) is 0.